The Morgan fingerprint density at radius 3 is 2.72 bits per heavy atom. The molecule has 0 aromatic carbocycles. The van der Waals surface area contributed by atoms with Crippen LogP contribution < -0.4 is 5.32 Å². The lowest BCUT2D eigenvalue weighted by Crippen LogP contribution is -2.43. The molecule has 3 heteroatoms. The Kier molecular flexibility index (Phi) is 5.46. The number of likely N-dealkylation sites (tertiary alicyclic amines) is 1. The molecule has 18 heavy (non-hydrogen) atoms. The molecule has 3 nitrogen and oxygen atoms in total. The van der Waals surface area contributed by atoms with Crippen LogP contribution >= 0.6 is 0 Å². The van der Waals surface area contributed by atoms with Crippen molar-refractivity contribution in [3.8, 4) is 0 Å². The van der Waals surface area contributed by atoms with E-state index >= 15 is 0 Å². The van der Waals surface area contributed by atoms with Gasteiger partial charge in [-0.15, -0.1) is 0 Å². The molecular weight excluding hydrogens is 224 g/mol. The first-order chi connectivity index (χ1) is 8.68. The van der Waals surface area contributed by atoms with Crippen molar-refractivity contribution in [2.45, 2.75) is 64.6 Å². The molecule has 0 radical (unpaired) electrons. The minimum Gasteiger partial charge on any atom is -0.377 e. The molecule has 106 valence electrons. The highest BCUT2D eigenvalue weighted by Crippen LogP contribution is 2.23. The summed E-state index contributed by atoms with van der Waals surface area (Å²) in [6.45, 7) is 11.5. The fraction of sp³-hybridized carbons (Fsp3) is 1.00. The SMILES string of the molecule is CC(C)C1CCCN1CCNC(C)C1CCCO1. The Hall–Kier alpha value is -0.120. The summed E-state index contributed by atoms with van der Waals surface area (Å²) >= 11 is 0. The number of rotatable bonds is 6. The van der Waals surface area contributed by atoms with Crippen LogP contribution in [0, 0.1) is 5.92 Å². The van der Waals surface area contributed by atoms with E-state index in [0.29, 0.717) is 12.1 Å². The summed E-state index contributed by atoms with van der Waals surface area (Å²) in [5.41, 5.74) is 0. The van der Waals surface area contributed by atoms with Crippen molar-refractivity contribution in [2.24, 2.45) is 5.92 Å². The van der Waals surface area contributed by atoms with Gasteiger partial charge in [0, 0.05) is 31.8 Å². The second kappa shape index (κ2) is 6.88. The van der Waals surface area contributed by atoms with E-state index in [-0.39, 0.29) is 0 Å². The molecule has 0 amide bonds. The fourth-order valence-electron chi connectivity index (χ4n) is 3.45. The van der Waals surface area contributed by atoms with Crippen LogP contribution in [-0.2, 0) is 4.74 Å². The molecule has 3 unspecified atom stereocenters. The first-order valence-electron chi connectivity index (χ1n) is 7.77. The topological polar surface area (TPSA) is 24.5 Å². The molecular formula is C15H30N2O. The number of hydrogen-bond acceptors (Lipinski definition) is 3. The molecule has 2 saturated heterocycles. The highest BCUT2D eigenvalue weighted by Gasteiger charge is 2.27. The molecule has 0 aromatic heterocycles. The summed E-state index contributed by atoms with van der Waals surface area (Å²) in [7, 11) is 0. The van der Waals surface area contributed by atoms with E-state index in [2.05, 4.69) is 31.0 Å². The summed E-state index contributed by atoms with van der Waals surface area (Å²) in [5, 5.41) is 3.64. The molecule has 0 bridgehead atoms. The Bertz CT molecular complexity index is 239. The van der Waals surface area contributed by atoms with Gasteiger partial charge < -0.3 is 10.1 Å². The van der Waals surface area contributed by atoms with Gasteiger partial charge in [0.1, 0.15) is 0 Å². The van der Waals surface area contributed by atoms with Crippen molar-refractivity contribution in [2.75, 3.05) is 26.2 Å². The van der Waals surface area contributed by atoms with Crippen molar-refractivity contribution in [1.29, 1.82) is 0 Å². The van der Waals surface area contributed by atoms with Crippen LogP contribution in [0.3, 0.4) is 0 Å². The van der Waals surface area contributed by atoms with Gasteiger partial charge >= 0.3 is 0 Å². The summed E-state index contributed by atoms with van der Waals surface area (Å²) in [5.74, 6) is 0.795. The molecule has 1 N–H and O–H groups in total. The van der Waals surface area contributed by atoms with Crippen molar-refractivity contribution in [3.63, 3.8) is 0 Å². The van der Waals surface area contributed by atoms with Crippen LogP contribution in [0.4, 0.5) is 0 Å². The normalized spacial score (nSPS) is 31.3. The summed E-state index contributed by atoms with van der Waals surface area (Å²) in [4.78, 5) is 2.67. The molecule has 0 spiro atoms. The quantitative estimate of drug-likeness (QED) is 0.787. The van der Waals surface area contributed by atoms with E-state index in [1.54, 1.807) is 0 Å². The van der Waals surface area contributed by atoms with Crippen LogP contribution in [0.25, 0.3) is 0 Å². The third-order valence-corrected chi connectivity index (χ3v) is 4.57. The molecule has 2 fully saturated rings. The second-order valence-electron chi connectivity index (χ2n) is 6.28. The minimum atomic E-state index is 0.449. The molecule has 2 aliphatic heterocycles. The lowest BCUT2D eigenvalue weighted by molar-refractivity contribution is 0.0820. The molecule has 0 aliphatic carbocycles. The number of ether oxygens (including phenoxy) is 1. The van der Waals surface area contributed by atoms with Crippen LogP contribution in [0.15, 0.2) is 0 Å². The third-order valence-electron chi connectivity index (χ3n) is 4.57. The maximum atomic E-state index is 5.72. The van der Waals surface area contributed by atoms with E-state index in [1.807, 2.05) is 0 Å². The monoisotopic (exact) mass is 254 g/mol. The average Bonchev–Trinajstić information content (AvgIpc) is 2.99. The van der Waals surface area contributed by atoms with E-state index < -0.39 is 0 Å². The van der Waals surface area contributed by atoms with Crippen molar-refractivity contribution in [1.82, 2.24) is 10.2 Å². The van der Waals surface area contributed by atoms with Gasteiger partial charge in [-0.3, -0.25) is 4.90 Å². The molecule has 0 aromatic rings. The van der Waals surface area contributed by atoms with Crippen LogP contribution in [-0.4, -0.2) is 49.3 Å². The van der Waals surface area contributed by atoms with Gasteiger partial charge in [0.25, 0.3) is 0 Å². The van der Waals surface area contributed by atoms with Crippen LogP contribution in [0.5, 0.6) is 0 Å². The second-order valence-corrected chi connectivity index (χ2v) is 6.28. The van der Waals surface area contributed by atoms with E-state index in [0.717, 1.165) is 25.1 Å². The van der Waals surface area contributed by atoms with Gasteiger partial charge in [0.15, 0.2) is 0 Å². The lowest BCUT2D eigenvalue weighted by Gasteiger charge is -2.28. The molecule has 2 rings (SSSR count). The highest BCUT2D eigenvalue weighted by molar-refractivity contribution is 4.83. The maximum absolute atomic E-state index is 5.72. The van der Waals surface area contributed by atoms with Gasteiger partial charge in [-0.1, -0.05) is 13.8 Å². The van der Waals surface area contributed by atoms with Crippen LogP contribution in [0.2, 0.25) is 0 Å². The van der Waals surface area contributed by atoms with Crippen molar-refractivity contribution >= 4 is 0 Å². The molecule has 3 atom stereocenters. The molecule has 2 aliphatic rings. The zero-order chi connectivity index (χ0) is 13.0. The predicted molar refractivity (Wildman–Crippen MR) is 75.9 cm³/mol. The van der Waals surface area contributed by atoms with Gasteiger partial charge in [0.2, 0.25) is 0 Å². The van der Waals surface area contributed by atoms with Crippen LogP contribution in [0.1, 0.15) is 46.5 Å². The zero-order valence-electron chi connectivity index (χ0n) is 12.3. The standard InChI is InChI=1S/C15H30N2O/c1-12(2)14-6-4-9-17(14)10-8-16-13(3)15-7-5-11-18-15/h12-16H,4-11H2,1-3H3. The van der Waals surface area contributed by atoms with E-state index in [1.165, 1.54) is 38.8 Å². The first-order valence-corrected chi connectivity index (χ1v) is 7.77. The fourth-order valence-corrected chi connectivity index (χ4v) is 3.45. The van der Waals surface area contributed by atoms with Gasteiger partial charge in [0.05, 0.1) is 6.10 Å². The number of nitrogens with one attached hydrogen (secondary N) is 1. The van der Waals surface area contributed by atoms with Gasteiger partial charge in [-0.25, -0.2) is 0 Å². The Morgan fingerprint density at radius 2 is 2.06 bits per heavy atom. The number of hydrogen-bond donors (Lipinski definition) is 1. The minimum absolute atomic E-state index is 0.449. The first kappa shape index (κ1) is 14.3. The molecule has 2 heterocycles. The third kappa shape index (κ3) is 3.69. The smallest absolute Gasteiger partial charge is 0.0726 e. The average molecular weight is 254 g/mol. The Labute approximate surface area is 112 Å². The number of nitrogens with zero attached hydrogens (tertiary/aromatic N) is 1. The summed E-state index contributed by atoms with van der Waals surface area (Å²) < 4.78 is 5.72. The predicted octanol–water partition coefficient (Wildman–Crippen LogP) is 2.26. The largest absolute Gasteiger partial charge is 0.377 e. The summed E-state index contributed by atoms with van der Waals surface area (Å²) in [6.07, 6.45) is 5.68. The highest BCUT2D eigenvalue weighted by atomic mass is 16.5. The zero-order valence-corrected chi connectivity index (χ0v) is 12.3. The van der Waals surface area contributed by atoms with Crippen molar-refractivity contribution in [3.05, 3.63) is 0 Å². The van der Waals surface area contributed by atoms with Gasteiger partial charge in [-0.2, -0.15) is 0 Å². The Morgan fingerprint density at radius 1 is 1.22 bits per heavy atom. The Balaban J connectivity index is 1.65. The maximum Gasteiger partial charge on any atom is 0.0726 e. The van der Waals surface area contributed by atoms with Crippen molar-refractivity contribution < 1.29 is 4.74 Å². The summed E-state index contributed by atoms with van der Waals surface area (Å²) in [6, 6.07) is 1.32. The molecule has 0 saturated carbocycles. The van der Waals surface area contributed by atoms with E-state index in [4.69, 9.17) is 4.74 Å². The van der Waals surface area contributed by atoms with Gasteiger partial charge in [-0.05, 0) is 45.1 Å². The lowest BCUT2D eigenvalue weighted by atomic mass is 10.0. The van der Waals surface area contributed by atoms with E-state index in [9.17, 15) is 0 Å².